The predicted octanol–water partition coefficient (Wildman–Crippen LogP) is 3.92. The Labute approximate surface area is 164 Å². The maximum absolute atomic E-state index is 12.1. The van der Waals surface area contributed by atoms with Gasteiger partial charge in [-0.2, -0.15) is 0 Å². The number of hydrogen-bond acceptors (Lipinski definition) is 4. The summed E-state index contributed by atoms with van der Waals surface area (Å²) < 4.78 is 40.1. The van der Waals surface area contributed by atoms with Gasteiger partial charge in [0.1, 0.15) is 5.75 Å². The van der Waals surface area contributed by atoms with Gasteiger partial charge < -0.3 is 15.0 Å². The summed E-state index contributed by atoms with van der Waals surface area (Å²) in [5, 5.41) is 2.52. The van der Waals surface area contributed by atoms with Crippen LogP contribution in [0.15, 0.2) is 54.6 Å². The first-order valence-electron chi connectivity index (χ1n) is 8.24. The molecule has 0 atom stereocenters. The summed E-state index contributed by atoms with van der Waals surface area (Å²) in [6, 6.07) is 14.5. The molecule has 9 heteroatoms. The summed E-state index contributed by atoms with van der Waals surface area (Å²) >= 11 is 1.45. The molecule has 0 aliphatic heterocycles. The van der Waals surface area contributed by atoms with Crippen molar-refractivity contribution in [3.05, 3.63) is 60.2 Å². The van der Waals surface area contributed by atoms with E-state index in [9.17, 15) is 22.8 Å². The number of nitrogens with one attached hydrogen (secondary N) is 1. The monoisotopic (exact) mass is 412 g/mol. The third kappa shape index (κ3) is 7.91. The van der Waals surface area contributed by atoms with Gasteiger partial charge in [-0.3, -0.25) is 9.59 Å². The number of likely N-dealkylation sites (N-methyl/N-ethyl adjacent to an activating group) is 1. The molecule has 2 rings (SSSR count). The minimum Gasteiger partial charge on any atom is -0.406 e. The Balaban J connectivity index is 1.74. The zero-order chi connectivity index (χ0) is 20.6. The number of halogens is 3. The zero-order valence-corrected chi connectivity index (χ0v) is 15.8. The van der Waals surface area contributed by atoms with Crippen LogP contribution < -0.4 is 10.1 Å². The van der Waals surface area contributed by atoms with E-state index < -0.39 is 12.3 Å². The fourth-order valence-electron chi connectivity index (χ4n) is 2.18. The molecule has 2 aromatic rings. The lowest BCUT2D eigenvalue weighted by molar-refractivity contribution is -0.274. The van der Waals surface area contributed by atoms with Gasteiger partial charge >= 0.3 is 6.36 Å². The SMILES string of the molecule is CN(CC(=O)Nc1ccc(OC(F)(F)F)cc1)C(=O)CSCc1ccccc1. The van der Waals surface area contributed by atoms with Gasteiger partial charge in [-0.1, -0.05) is 30.3 Å². The zero-order valence-electron chi connectivity index (χ0n) is 15.0. The normalized spacial score (nSPS) is 11.0. The molecule has 2 amide bonds. The van der Waals surface area contributed by atoms with Gasteiger partial charge in [-0.05, 0) is 29.8 Å². The topological polar surface area (TPSA) is 58.6 Å². The highest BCUT2D eigenvalue weighted by Crippen LogP contribution is 2.23. The van der Waals surface area contributed by atoms with E-state index in [1.807, 2.05) is 30.3 Å². The van der Waals surface area contributed by atoms with Crippen LogP contribution >= 0.6 is 11.8 Å². The molecule has 5 nitrogen and oxygen atoms in total. The third-order valence-electron chi connectivity index (χ3n) is 3.52. The lowest BCUT2D eigenvalue weighted by Crippen LogP contribution is -2.36. The van der Waals surface area contributed by atoms with Crippen molar-refractivity contribution in [1.29, 1.82) is 0 Å². The molecule has 0 radical (unpaired) electrons. The van der Waals surface area contributed by atoms with E-state index in [2.05, 4.69) is 10.1 Å². The highest BCUT2D eigenvalue weighted by molar-refractivity contribution is 7.99. The van der Waals surface area contributed by atoms with Crippen molar-refractivity contribution in [2.45, 2.75) is 12.1 Å². The molecule has 0 aliphatic carbocycles. The standard InChI is InChI=1S/C19H19F3N2O3S/c1-24(18(26)13-28-12-14-5-3-2-4-6-14)11-17(25)23-15-7-9-16(10-8-15)27-19(20,21)22/h2-10H,11-13H2,1H3,(H,23,25). The maximum Gasteiger partial charge on any atom is 0.573 e. The summed E-state index contributed by atoms with van der Waals surface area (Å²) in [4.78, 5) is 25.4. The number of carbonyl (C=O) groups excluding carboxylic acids is 2. The summed E-state index contributed by atoms with van der Waals surface area (Å²) in [5.41, 5.74) is 1.41. The Kier molecular flexibility index (Phi) is 7.74. The van der Waals surface area contributed by atoms with Gasteiger partial charge in [-0.15, -0.1) is 24.9 Å². The quantitative estimate of drug-likeness (QED) is 0.714. The molecule has 0 unspecified atom stereocenters. The molecule has 0 saturated carbocycles. The number of hydrogen-bond donors (Lipinski definition) is 1. The van der Waals surface area contributed by atoms with E-state index in [1.54, 1.807) is 0 Å². The highest BCUT2D eigenvalue weighted by atomic mass is 32.2. The number of anilines is 1. The van der Waals surface area contributed by atoms with E-state index in [0.29, 0.717) is 11.4 Å². The molecule has 0 heterocycles. The van der Waals surface area contributed by atoms with Crippen LogP contribution in [0, 0.1) is 0 Å². The first-order valence-corrected chi connectivity index (χ1v) is 9.40. The number of ether oxygens (including phenoxy) is 1. The van der Waals surface area contributed by atoms with Gasteiger partial charge in [0.15, 0.2) is 0 Å². The molecule has 0 saturated heterocycles. The van der Waals surface area contributed by atoms with Gasteiger partial charge in [0, 0.05) is 18.5 Å². The molecule has 0 fully saturated rings. The second kappa shape index (κ2) is 10.0. The first-order chi connectivity index (χ1) is 13.2. The Morgan fingerprint density at radius 1 is 1.07 bits per heavy atom. The first kappa shape index (κ1) is 21.6. The lowest BCUT2D eigenvalue weighted by Gasteiger charge is -2.17. The fourth-order valence-corrected chi connectivity index (χ4v) is 3.11. The Morgan fingerprint density at radius 2 is 1.71 bits per heavy atom. The van der Waals surface area contributed by atoms with Gasteiger partial charge in [-0.25, -0.2) is 0 Å². The number of benzene rings is 2. The molecule has 2 aromatic carbocycles. The van der Waals surface area contributed by atoms with Crippen molar-refractivity contribution in [3.63, 3.8) is 0 Å². The second-order valence-corrected chi connectivity index (χ2v) is 6.83. The second-order valence-electron chi connectivity index (χ2n) is 5.85. The van der Waals surface area contributed by atoms with Crippen molar-refractivity contribution >= 4 is 29.3 Å². The van der Waals surface area contributed by atoms with Gasteiger partial charge in [0.25, 0.3) is 0 Å². The minimum atomic E-state index is -4.77. The van der Waals surface area contributed by atoms with Gasteiger partial charge in [0.2, 0.25) is 11.8 Å². The summed E-state index contributed by atoms with van der Waals surface area (Å²) in [7, 11) is 1.52. The fraction of sp³-hybridized carbons (Fsp3) is 0.263. The average Bonchev–Trinajstić information content (AvgIpc) is 2.63. The van der Waals surface area contributed by atoms with Crippen molar-refractivity contribution < 1.29 is 27.5 Å². The largest absolute Gasteiger partial charge is 0.573 e. The summed E-state index contributed by atoms with van der Waals surface area (Å²) in [6.45, 7) is -0.161. The van der Waals surface area contributed by atoms with Crippen molar-refractivity contribution in [2.75, 3.05) is 24.7 Å². The molecule has 0 bridgehead atoms. The molecule has 1 N–H and O–H groups in total. The summed E-state index contributed by atoms with van der Waals surface area (Å²) in [5.74, 6) is -0.0900. The van der Waals surface area contributed by atoms with Crippen LogP contribution in [0.3, 0.4) is 0 Å². The number of amides is 2. The molecule has 0 spiro atoms. The number of nitrogens with zero attached hydrogens (tertiary/aromatic N) is 1. The van der Waals surface area contributed by atoms with Crippen LogP contribution in [0.4, 0.5) is 18.9 Å². The maximum atomic E-state index is 12.1. The van der Waals surface area contributed by atoms with E-state index in [0.717, 1.165) is 17.7 Å². The van der Waals surface area contributed by atoms with Crippen LogP contribution in [0.2, 0.25) is 0 Å². The van der Waals surface area contributed by atoms with Crippen LogP contribution in [0.25, 0.3) is 0 Å². The van der Waals surface area contributed by atoms with E-state index in [-0.39, 0.29) is 24.0 Å². The molecule has 150 valence electrons. The van der Waals surface area contributed by atoms with E-state index in [1.165, 1.54) is 35.8 Å². The molecule has 28 heavy (non-hydrogen) atoms. The Morgan fingerprint density at radius 3 is 2.32 bits per heavy atom. The smallest absolute Gasteiger partial charge is 0.406 e. The lowest BCUT2D eigenvalue weighted by atomic mass is 10.2. The molecule has 0 aliphatic rings. The Hall–Kier alpha value is -2.68. The van der Waals surface area contributed by atoms with Gasteiger partial charge in [0.05, 0.1) is 12.3 Å². The van der Waals surface area contributed by atoms with Crippen LogP contribution in [0.1, 0.15) is 5.56 Å². The van der Waals surface area contributed by atoms with Crippen LogP contribution in [-0.2, 0) is 15.3 Å². The van der Waals surface area contributed by atoms with Crippen LogP contribution in [0.5, 0.6) is 5.75 Å². The van der Waals surface area contributed by atoms with Crippen molar-refractivity contribution in [2.24, 2.45) is 0 Å². The van der Waals surface area contributed by atoms with Crippen molar-refractivity contribution in [1.82, 2.24) is 4.90 Å². The number of rotatable bonds is 8. The Bertz CT molecular complexity index is 783. The molecular formula is C19H19F3N2O3S. The summed E-state index contributed by atoms with van der Waals surface area (Å²) in [6.07, 6.45) is -4.77. The van der Waals surface area contributed by atoms with E-state index in [4.69, 9.17) is 0 Å². The number of thioether (sulfide) groups is 1. The third-order valence-corrected chi connectivity index (χ3v) is 4.50. The van der Waals surface area contributed by atoms with Crippen molar-refractivity contribution in [3.8, 4) is 5.75 Å². The van der Waals surface area contributed by atoms with E-state index >= 15 is 0 Å². The predicted molar refractivity (Wildman–Crippen MR) is 102 cm³/mol. The van der Waals surface area contributed by atoms with Crippen LogP contribution in [-0.4, -0.2) is 42.4 Å². The highest BCUT2D eigenvalue weighted by Gasteiger charge is 2.30. The molecular weight excluding hydrogens is 393 g/mol. The minimum absolute atomic E-state index is 0.161. The number of alkyl halides is 3. The number of carbonyl (C=O) groups is 2. The molecule has 0 aromatic heterocycles. The average molecular weight is 412 g/mol.